The fourth-order valence-electron chi connectivity index (χ4n) is 4.38. The van der Waals surface area contributed by atoms with Crippen molar-refractivity contribution in [1.82, 2.24) is 9.88 Å². The largest absolute Gasteiger partial charge is 0.366 e. The van der Waals surface area contributed by atoms with E-state index in [1.165, 1.54) is 6.07 Å². The van der Waals surface area contributed by atoms with Gasteiger partial charge in [0.2, 0.25) is 11.8 Å². The highest BCUT2D eigenvalue weighted by Gasteiger charge is 2.41. The van der Waals surface area contributed by atoms with Gasteiger partial charge in [-0.15, -0.1) is 0 Å². The number of aromatic nitrogens is 1. The Labute approximate surface area is 187 Å². The van der Waals surface area contributed by atoms with Crippen molar-refractivity contribution >= 4 is 11.8 Å². The van der Waals surface area contributed by atoms with Crippen LogP contribution in [0.1, 0.15) is 54.3 Å². The highest BCUT2D eigenvalue weighted by molar-refractivity contribution is 5.94. The van der Waals surface area contributed by atoms with Crippen LogP contribution in [0.25, 0.3) is 11.1 Å². The summed E-state index contributed by atoms with van der Waals surface area (Å²) in [5, 5.41) is 0. The zero-order valence-electron chi connectivity index (χ0n) is 18.2. The van der Waals surface area contributed by atoms with Gasteiger partial charge in [-0.1, -0.05) is 36.4 Å². The van der Waals surface area contributed by atoms with Gasteiger partial charge in [0.15, 0.2) is 0 Å². The summed E-state index contributed by atoms with van der Waals surface area (Å²) in [6.07, 6.45) is 3.43. The topological polar surface area (TPSA) is 76.3 Å². The first-order chi connectivity index (χ1) is 15.3. The number of likely N-dealkylation sites (tertiary alicyclic amines) is 1. The first-order valence-corrected chi connectivity index (χ1v) is 10.7. The Hall–Kier alpha value is -3.54. The predicted octanol–water partition coefficient (Wildman–Crippen LogP) is 4.63. The molecule has 2 aromatic carbocycles. The van der Waals surface area contributed by atoms with Crippen LogP contribution in [0.4, 0.5) is 4.39 Å². The molecule has 0 bridgehead atoms. The van der Waals surface area contributed by atoms with E-state index < -0.39 is 11.3 Å². The van der Waals surface area contributed by atoms with Gasteiger partial charge in [0.25, 0.3) is 0 Å². The number of amides is 2. The number of nitrogens with two attached hydrogens (primary N) is 1. The van der Waals surface area contributed by atoms with Gasteiger partial charge in [0.1, 0.15) is 5.82 Å². The molecule has 3 aromatic rings. The van der Waals surface area contributed by atoms with E-state index in [0.717, 1.165) is 29.7 Å². The average Bonchev–Trinajstić information content (AvgIpc) is 3.28. The molecular formula is C26H26FN3O2. The van der Waals surface area contributed by atoms with Gasteiger partial charge in [0.05, 0.1) is 17.2 Å². The quantitative estimate of drug-likeness (QED) is 0.640. The second-order valence-electron chi connectivity index (χ2n) is 8.68. The van der Waals surface area contributed by atoms with Gasteiger partial charge in [-0.3, -0.25) is 14.6 Å². The predicted molar refractivity (Wildman–Crippen MR) is 121 cm³/mol. The molecule has 5 nitrogen and oxygen atoms in total. The fourth-order valence-corrected chi connectivity index (χ4v) is 4.38. The molecule has 2 amide bonds. The molecule has 164 valence electrons. The summed E-state index contributed by atoms with van der Waals surface area (Å²) >= 11 is 0. The Balaban J connectivity index is 1.59. The standard InChI is InChI=1S/C26H26FN3O2/c1-26(2,20-9-3-4-10-21(20)27)25(32)30-14-6-11-23(30)22-13-12-19(16-29-22)17-7-5-8-18(15-17)24(28)31/h3-5,7-10,12-13,15-16,23H,6,11,14H2,1-2H3,(H2,28,31)/t23-/m0/s1. The normalized spacial score (nSPS) is 16.2. The lowest BCUT2D eigenvalue weighted by Crippen LogP contribution is -2.43. The van der Waals surface area contributed by atoms with Crippen molar-refractivity contribution in [3.63, 3.8) is 0 Å². The first-order valence-electron chi connectivity index (χ1n) is 10.7. The van der Waals surface area contributed by atoms with E-state index in [2.05, 4.69) is 4.98 Å². The molecule has 32 heavy (non-hydrogen) atoms. The number of pyridine rings is 1. The molecule has 0 aliphatic carbocycles. The molecule has 1 atom stereocenters. The highest BCUT2D eigenvalue weighted by Crippen LogP contribution is 2.37. The number of rotatable bonds is 5. The number of nitrogens with zero attached hydrogens (tertiary/aromatic N) is 2. The van der Waals surface area contributed by atoms with E-state index in [1.807, 2.05) is 23.1 Å². The SMILES string of the molecule is CC(C)(C(=O)N1CCC[C@H]1c1ccc(-c2cccc(C(N)=O)c2)cn1)c1ccccc1F. The molecule has 1 saturated heterocycles. The van der Waals surface area contributed by atoms with E-state index in [9.17, 15) is 14.0 Å². The Morgan fingerprint density at radius 1 is 1.06 bits per heavy atom. The maximum absolute atomic E-state index is 14.4. The van der Waals surface area contributed by atoms with Gasteiger partial charge in [-0.05, 0) is 56.5 Å². The lowest BCUT2D eigenvalue weighted by atomic mass is 9.82. The molecule has 2 heterocycles. The molecule has 1 aromatic heterocycles. The maximum Gasteiger partial charge on any atom is 0.248 e. The summed E-state index contributed by atoms with van der Waals surface area (Å²) in [5.41, 5.74) is 7.74. The lowest BCUT2D eigenvalue weighted by molar-refractivity contribution is -0.137. The van der Waals surface area contributed by atoms with Gasteiger partial charge in [-0.2, -0.15) is 0 Å². The number of primary amides is 1. The second-order valence-corrected chi connectivity index (χ2v) is 8.68. The van der Waals surface area contributed by atoms with Gasteiger partial charge < -0.3 is 10.6 Å². The first kappa shape index (κ1) is 21.7. The second kappa shape index (κ2) is 8.54. The van der Waals surface area contributed by atoms with Crippen molar-refractivity contribution in [2.24, 2.45) is 5.73 Å². The minimum Gasteiger partial charge on any atom is -0.366 e. The minimum atomic E-state index is -0.983. The molecule has 1 aliphatic rings. The van der Waals surface area contributed by atoms with E-state index in [0.29, 0.717) is 17.7 Å². The van der Waals surface area contributed by atoms with Crippen LogP contribution in [0.3, 0.4) is 0 Å². The van der Waals surface area contributed by atoms with E-state index in [4.69, 9.17) is 5.73 Å². The van der Waals surface area contributed by atoms with Crippen molar-refractivity contribution in [3.05, 3.63) is 89.5 Å². The van der Waals surface area contributed by atoms with Crippen LogP contribution in [-0.2, 0) is 10.2 Å². The van der Waals surface area contributed by atoms with Gasteiger partial charge in [-0.25, -0.2) is 4.39 Å². The van der Waals surface area contributed by atoms with E-state index in [1.54, 1.807) is 56.4 Å². The van der Waals surface area contributed by atoms with Crippen LogP contribution in [0, 0.1) is 5.82 Å². The molecule has 0 saturated carbocycles. The smallest absolute Gasteiger partial charge is 0.248 e. The Kier molecular flexibility index (Phi) is 5.78. The summed E-state index contributed by atoms with van der Waals surface area (Å²) in [4.78, 5) is 31.4. The fraction of sp³-hybridized carbons (Fsp3) is 0.269. The van der Waals surface area contributed by atoms with Gasteiger partial charge >= 0.3 is 0 Å². The van der Waals surface area contributed by atoms with Crippen LogP contribution in [0.5, 0.6) is 0 Å². The van der Waals surface area contributed by atoms with Crippen molar-refractivity contribution in [3.8, 4) is 11.1 Å². The molecule has 1 fully saturated rings. The van der Waals surface area contributed by atoms with Crippen LogP contribution in [0.15, 0.2) is 66.9 Å². The highest BCUT2D eigenvalue weighted by atomic mass is 19.1. The summed E-state index contributed by atoms with van der Waals surface area (Å²) in [5.74, 6) is -0.957. The molecule has 4 rings (SSSR count). The zero-order valence-corrected chi connectivity index (χ0v) is 18.2. The summed E-state index contributed by atoms with van der Waals surface area (Å²) in [6.45, 7) is 4.15. The minimum absolute atomic E-state index is 0.106. The third-order valence-corrected chi connectivity index (χ3v) is 6.20. The number of carbonyl (C=O) groups excluding carboxylic acids is 2. The molecule has 6 heteroatoms. The summed E-state index contributed by atoms with van der Waals surface area (Å²) in [6, 6.07) is 17.2. The van der Waals surface area contributed by atoms with Crippen molar-refractivity contribution in [2.75, 3.05) is 6.54 Å². The number of hydrogen-bond donors (Lipinski definition) is 1. The van der Waals surface area contributed by atoms with Crippen LogP contribution in [0.2, 0.25) is 0 Å². The van der Waals surface area contributed by atoms with Crippen LogP contribution < -0.4 is 5.73 Å². The molecular weight excluding hydrogens is 405 g/mol. The summed E-state index contributed by atoms with van der Waals surface area (Å²) < 4.78 is 14.4. The van der Waals surface area contributed by atoms with Crippen LogP contribution >= 0.6 is 0 Å². The van der Waals surface area contributed by atoms with Crippen molar-refractivity contribution in [2.45, 2.75) is 38.1 Å². The number of halogens is 1. The monoisotopic (exact) mass is 431 g/mol. The van der Waals surface area contributed by atoms with E-state index >= 15 is 0 Å². The Bertz CT molecular complexity index is 1160. The van der Waals surface area contributed by atoms with Crippen molar-refractivity contribution < 1.29 is 14.0 Å². The van der Waals surface area contributed by atoms with Crippen molar-refractivity contribution in [1.29, 1.82) is 0 Å². The molecule has 1 aliphatic heterocycles. The maximum atomic E-state index is 14.4. The summed E-state index contributed by atoms with van der Waals surface area (Å²) in [7, 11) is 0. The van der Waals surface area contributed by atoms with Gasteiger partial charge in [0, 0.05) is 29.4 Å². The average molecular weight is 432 g/mol. The number of carbonyl (C=O) groups is 2. The third kappa shape index (κ3) is 4.00. The zero-order chi connectivity index (χ0) is 22.9. The van der Waals surface area contributed by atoms with E-state index in [-0.39, 0.29) is 17.8 Å². The van der Waals surface area contributed by atoms with Crippen LogP contribution in [-0.4, -0.2) is 28.2 Å². The third-order valence-electron chi connectivity index (χ3n) is 6.20. The molecule has 0 spiro atoms. The lowest BCUT2D eigenvalue weighted by Gasteiger charge is -2.33. The number of hydrogen-bond acceptors (Lipinski definition) is 3. The molecule has 0 unspecified atom stereocenters. The Morgan fingerprint density at radius 2 is 1.84 bits per heavy atom. The molecule has 2 N–H and O–H groups in total. The molecule has 0 radical (unpaired) electrons. The Morgan fingerprint density at radius 3 is 2.53 bits per heavy atom. The number of benzene rings is 2.